The van der Waals surface area contributed by atoms with Gasteiger partial charge in [0.05, 0.1) is 5.56 Å². The summed E-state index contributed by atoms with van der Waals surface area (Å²) in [4.78, 5) is 0. The standard InChI is InChI=1S/C24H25F5/c1-2-13-3-4-15-8-16(6-5-14(15)7-13)17-9-19(25)23(20(26)10-17)18-11-21(27)24(29)22(28)12-18/h9-16H,2-8H2,1H3. The Hall–Kier alpha value is -1.91. The van der Waals surface area contributed by atoms with E-state index in [4.69, 9.17) is 0 Å². The van der Waals surface area contributed by atoms with Gasteiger partial charge in [-0.15, -0.1) is 0 Å². The largest absolute Gasteiger partial charge is 0.206 e. The van der Waals surface area contributed by atoms with Gasteiger partial charge in [-0.1, -0.05) is 19.8 Å². The van der Waals surface area contributed by atoms with Gasteiger partial charge in [-0.05, 0) is 91.2 Å². The molecule has 0 spiro atoms. The molecular weight excluding hydrogens is 383 g/mol. The SMILES string of the molecule is CCC1CCC2CC(c3cc(F)c(-c4cc(F)c(F)c(F)c4)c(F)c3)CCC2C1. The van der Waals surface area contributed by atoms with E-state index in [-0.39, 0.29) is 11.5 Å². The molecule has 0 heterocycles. The lowest BCUT2D eigenvalue weighted by atomic mass is 9.63. The molecule has 4 unspecified atom stereocenters. The quantitative estimate of drug-likeness (QED) is 0.360. The first-order valence-electron chi connectivity index (χ1n) is 10.5. The lowest BCUT2D eigenvalue weighted by Gasteiger charge is -2.42. The third-order valence-electron chi connectivity index (χ3n) is 7.11. The number of fused-ring (bicyclic) bond motifs is 1. The van der Waals surface area contributed by atoms with Crippen LogP contribution in [0.15, 0.2) is 24.3 Å². The number of rotatable bonds is 3. The van der Waals surface area contributed by atoms with Gasteiger partial charge in [0, 0.05) is 0 Å². The minimum Gasteiger partial charge on any atom is -0.206 e. The predicted molar refractivity (Wildman–Crippen MR) is 103 cm³/mol. The van der Waals surface area contributed by atoms with Crippen molar-refractivity contribution in [2.75, 3.05) is 0 Å². The highest BCUT2D eigenvalue weighted by Crippen LogP contribution is 2.48. The summed E-state index contributed by atoms with van der Waals surface area (Å²) < 4.78 is 69.7. The van der Waals surface area contributed by atoms with E-state index >= 15 is 0 Å². The molecule has 4 rings (SSSR count). The summed E-state index contributed by atoms with van der Waals surface area (Å²) in [6, 6.07) is 3.80. The van der Waals surface area contributed by atoms with Crippen LogP contribution in [0.3, 0.4) is 0 Å². The maximum absolute atomic E-state index is 14.8. The molecule has 0 N–H and O–H groups in total. The molecule has 0 amide bonds. The summed E-state index contributed by atoms with van der Waals surface area (Å²) in [6.45, 7) is 2.24. The molecule has 0 radical (unpaired) electrons. The Morgan fingerprint density at radius 1 is 0.724 bits per heavy atom. The molecule has 2 saturated carbocycles. The molecule has 29 heavy (non-hydrogen) atoms. The van der Waals surface area contributed by atoms with Crippen molar-refractivity contribution in [1.29, 1.82) is 0 Å². The van der Waals surface area contributed by atoms with Crippen LogP contribution in [0, 0.1) is 46.8 Å². The molecular formula is C24H25F5. The smallest absolute Gasteiger partial charge is 0.194 e. The predicted octanol–water partition coefficient (Wildman–Crippen LogP) is 7.76. The maximum atomic E-state index is 14.8. The molecule has 2 aliphatic rings. The number of benzene rings is 2. The average Bonchev–Trinajstić information content (AvgIpc) is 2.70. The van der Waals surface area contributed by atoms with Crippen LogP contribution >= 0.6 is 0 Å². The van der Waals surface area contributed by atoms with Crippen LogP contribution < -0.4 is 0 Å². The van der Waals surface area contributed by atoms with Gasteiger partial charge in [-0.3, -0.25) is 0 Å². The maximum Gasteiger partial charge on any atom is 0.194 e. The summed E-state index contributed by atoms with van der Waals surface area (Å²) in [6.07, 6.45) is 7.79. The highest BCUT2D eigenvalue weighted by Gasteiger charge is 2.36. The molecule has 0 aliphatic heterocycles. The summed E-state index contributed by atoms with van der Waals surface area (Å²) in [5, 5.41) is 0. The van der Waals surface area contributed by atoms with E-state index < -0.39 is 34.6 Å². The Balaban J connectivity index is 1.58. The summed E-state index contributed by atoms with van der Waals surface area (Å²) >= 11 is 0. The zero-order valence-corrected chi connectivity index (χ0v) is 16.5. The van der Waals surface area contributed by atoms with Gasteiger partial charge in [0.15, 0.2) is 17.5 Å². The monoisotopic (exact) mass is 408 g/mol. The Morgan fingerprint density at radius 2 is 1.31 bits per heavy atom. The lowest BCUT2D eigenvalue weighted by Crippen LogP contribution is -2.30. The van der Waals surface area contributed by atoms with Crippen molar-refractivity contribution < 1.29 is 22.0 Å². The second-order valence-corrected chi connectivity index (χ2v) is 8.73. The molecule has 0 saturated heterocycles. The van der Waals surface area contributed by atoms with Gasteiger partial charge in [0.2, 0.25) is 0 Å². The third-order valence-corrected chi connectivity index (χ3v) is 7.11. The average molecular weight is 408 g/mol. The molecule has 0 bridgehead atoms. The third kappa shape index (κ3) is 3.93. The van der Waals surface area contributed by atoms with E-state index in [0.717, 1.165) is 25.2 Å². The van der Waals surface area contributed by atoms with Crippen LogP contribution in [0.25, 0.3) is 11.1 Å². The van der Waals surface area contributed by atoms with Crippen molar-refractivity contribution in [2.45, 2.75) is 57.8 Å². The molecule has 5 heteroatoms. The van der Waals surface area contributed by atoms with Gasteiger partial charge in [-0.2, -0.15) is 0 Å². The van der Waals surface area contributed by atoms with E-state index in [1.165, 1.54) is 37.8 Å². The van der Waals surface area contributed by atoms with Gasteiger partial charge >= 0.3 is 0 Å². The fourth-order valence-corrected chi connectivity index (χ4v) is 5.46. The molecule has 2 aromatic rings. The Labute approximate surface area is 168 Å². The first-order chi connectivity index (χ1) is 13.9. The van der Waals surface area contributed by atoms with Crippen molar-refractivity contribution in [3.8, 4) is 11.1 Å². The zero-order chi connectivity index (χ0) is 20.7. The Morgan fingerprint density at radius 3 is 1.93 bits per heavy atom. The second kappa shape index (κ2) is 8.08. The van der Waals surface area contributed by atoms with E-state index in [1.54, 1.807) is 0 Å². The fourth-order valence-electron chi connectivity index (χ4n) is 5.46. The molecule has 2 aromatic carbocycles. The highest BCUT2D eigenvalue weighted by atomic mass is 19.2. The number of hydrogen-bond acceptors (Lipinski definition) is 0. The van der Waals surface area contributed by atoms with E-state index in [1.807, 2.05) is 0 Å². The molecule has 2 aliphatic carbocycles. The second-order valence-electron chi connectivity index (χ2n) is 8.73. The Bertz CT molecular complexity index is 860. The number of halogens is 5. The Kier molecular flexibility index (Phi) is 5.67. The molecule has 0 aromatic heterocycles. The number of hydrogen-bond donors (Lipinski definition) is 0. The van der Waals surface area contributed by atoms with E-state index in [9.17, 15) is 22.0 Å². The van der Waals surface area contributed by atoms with Crippen LogP contribution in [-0.2, 0) is 0 Å². The molecule has 2 fully saturated rings. The van der Waals surface area contributed by atoms with Gasteiger partial charge in [-0.25, -0.2) is 22.0 Å². The van der Waals surface area contributed by atoms with E-state index in [2.05, 4.69) is 6.92 Å². The zero-order valence-electron chi connectivity index (χ0n) is 16.5. The minimum absolute atomic E-state index is 0.0918. The van der Waals surface area contributed by atoms with E-state index in [0.29, 0.717) is 29.5 Å². The first-order valence-corrected chi connectivity index (χ1v) is 10.5. The van der Waals surface area contributed by atoms with Crippen LogP contribution in [0.2, 0.25) is 0 Å². The molecule has 156 valence electrons. The summed E-state index contributed by atoms with van der Waals surface area (Å²) in [7, 11) is 0. The first kappa shape index (κ1) is 20.4. The van der Waals surface area contributed by atoms with Crippen LogP contribution in [-0.4, -0.2) is 0 Å². The highest BCUT2D eigenvalue weighted by molar-refractivity contribution is 5.65. The van der Waals surface area contributed by atoms with Crippen LogP contribution in [0.1, 0.15) is 63.4 Å². The summed E-state index contributed by atoms with van der Waals surface area (Å²) in [5.41, 5.74) is -0.267. The van der Waals surface area contributed by atoms with Crippen molar-refractivity contribution in [3.05, 3.63) is 58.9 Å². The minimum atomic E-state index is -1.65. The topological polar surface area (TPSA) is 0 Å². The van der Waals surface area contributed by atoms with Crippen molar-refractivity contribution in [1.82, 2.24) is 0 Å². The van der Waals surface area contributed by atoms with Gasteiger partial charge in [0.25, 0.3) is 0 Å². The van der Waals surface area contributed by atoms with Crippen molar-refractivity contribution in [3.63, 3.8) is 0 Å². The van der Waals surface area contributed by atoms with Gasteiger partial charge in [0.1, 0.15) is 11.6 Å². The van der Waals surface area contributed by atoms with Crippen molar-refractivity contribution in [2.24, 2.45) is 17.8 Å². The lowest BCUT2D eigenvalue weighted by molar-refractivity contribution is 0.116. The molecule has 4 atom stereocenters. The van der Waals surface area contributed by atoms with Crippen molar-refractivity contribution >= 4 is 0 Å². The van der Waals surface area contributed by atoms with Crippen LogP contribution in [0.5, 0.6) is 0 Å². The fraction of sp³-hybridized carbons (Fsp3) is 0.500. The normalized spacial score (nSPS) is 27.0. The summed E-state index contributed by atoms with van der Waals surface area (Å²) in [5.74, 6) is -4.13. The van der Waals surface area contributed by atoms with Gasteiger partial charge < -0.3 is 0 Å². The molecule has 0 nitrogen and oxygen atoms in total. The van der Waals surface area contributed by atoms with Crippen LogP contribution in [0.4, 0.5) is 22.0 Å².